The molecule has 0 saturated carbocycles. The number of likely N-dealkylation sites (tertiary alicyclic amines) is 1. The van der Waals surface area contributed by atoms with Crippen LogP contribution >= 0.6 is 0 Å². The fourth-order valence-electron chi connectivity index (χ4n) is 4.42. The molecule has 29 heavy (non-hydrogen) atoms. The molecule has 0 bridgehead atoms. The first-order chi connectivity index (χ1) is 14.0. The zero-order chi connectivity index (χ0) is 20.4. The summed E-state index contributed by atoms with van der Waals surface area (Å²) in [6.07, 6.45) is 5.63. The predicted molar refractivity (Wildman–Crippen MR) is 110 cm³/mol. The molecule has 2 aliphatic heterocycles. The third-order valence-corrected chi connectivity index (χ3v) is 6.14. The van der Waals surface area contributed by atoms with Crippen LogP contribution in [0.1, 0.15) is 67.7 Å². The van der Waals surface area contributed by atoms with Crippen molar-refractivity contribution in [3.8, 4) is 0 Å². The van der Waals surface area contributed by atoms with Gasteiger partial charge in [0.1, 0.15) is 0 Å². The van der Waals surface area contributed by atoms with Crippen molar-refractivity contribution < 1.29 is 9.59 Å². The number of rotatable bonds is 3. The van der Waals surface area contributed by atoms with Gasteiger partial charge in [-0.25, -0.2) is 9.97 Å². The number of piperidine rings is 1. The quantitative estimate of drug-likeness (QED) is 0.804. The van der Waals surface area contributed by atoms with Crippen LogP contribution < -0.4 is 0 Å². The lowest BCUT2D eigenvalue weighted by Crippen LogP contribution is -2.40. The molecule has 3 heterocycles. The Bertz CT molecular complexity index is 899. The largest absolute Gasteiger partial charge is 0.337 e. The van der Waals surface area contributed by atoms with E-state index in [1.165, 1.54) is 0 Å². The summed E-state index contributed by atoms with van der Waals surface area (Å²) in [6, 6.07) is 9.88. The van der Waals surface area contributed by atoms with E-state index in [1.807, 2.05) is 53.3 Å². The third-order valence-electron chi connectivity index (χ3n) is 6.14. The molecule has 2 unspecified atom stereocenters. The smallest absolute Gasteiger partial charge is 0.230 e. The van der Waals surface area contributed by atoms with Gasteiger partial charge in [0, 0.05) is 44.7 Å². The van der Waals surface area contributed by atoms with Crippen LogP contribution in [0.15, 0.2) is 36.5 Å². The molecule has 152 valence electrons. The highest BCUT2D eigenvalue weighted by molar-refractivity contribution is 5.83. The van der Waals surface area contributed by atoms with Crippen LogP contribution in [0.3, 0.4) is 0 Å². The molecule has 2 atom stereocenters. The molecule has 0 aliphatic carbocycles. The molecule has 0 spiro atoms. The molecule has 2 aromatic rings. The number of carbonyl (C=O) groups is 2. The van der Waals surface area contributed by atoms with Crippen molar-refractivity contribution in [2.45, 2.75) is 58.0 Å². The highest BCUT2D eigenvalue weighted by Crippen LogP contribution is 2.30. The average Bonchev–Trinajstić information content (AvgIpc) is 2.78. The lowest BCUT2D eigenvalue weighted by atomic mass is 9.97. The molecule has 1 aromatic heterocycles. The van der Waals surface area contributed by atoms with E-state index in [-0.39, 0.29) is 23.8 Å². The van der Waals surface area contributed by atoms with Gasteiger partial charge in [-0.3, -0.25) is 9.59 Å². The van der Waals surface area contributed by atoms with Crippen LogP contribution in [0.5, 0.6) is 0 Å². The fraction of sp³-hybridized carbons (Fsp3) is 0.478. The first-order valence-electron chi connectivity index (χ1n) is 10.5. The van der Waals surface area contributed by atoms with E-state index in [9.17, 15) is 9.59 Å². The summed E-state index contributed by atoms with van der Waals surface area (Å²) in [5.74, 6) is 0.809. The van der Waals surface area contributed by atoms with Crippen LogP contribution in [0.2, 0.25) is 0 Å². The van der Waals surface area contributed by atoms with Crippen LogP contribution in [0.4, 0.5) is 0 Å². The maximum Gasteiger partial charge on any atom is 0.230 e. The normalized spacial score (nSPS) is 20.1. The molecule has 1 aromatic carbocycles. The van der Waals surface area contributed by atoms with Gasteiger partial charge in [-0.15, -0.1) is 0 Å². The second-order valence-electron chi connectivity index (χ2n) is 8.07. The number of aromatic nitrogens is 2. The lowest BCUT2D eigenvalue weighted by molar-refractivity contribution is -0.134. The van der Waals surface area contributed by atoms with Crippen LogP contribution in [-0.2, 0) is 22.6 Å². The summed E-state index contributed by atoms with van der Waals surface area (Å²) in [5, 5.41) is 0. The van der Waals surface area contributed by atoms with Gasteiger partial charge in [0.2, 0.25) is 11.8 Å². The van der Waals surface area contributed by atoms with Gasteiger partial charge in [0.15, 0.2) is 5.82 Å². The van der Waals surface area contributed by atoms with Crippen LogP contribution in [0.25, 0.3) is 0 Å². The maximum absolute atomic E-state index is 13.0. The number of amides is 2. The monoisotopic (exact) mass is 392 g/mol. The van der Waals surface area contributed by atoms with E-state index in [0.717, 1.165) is 54.9 Å². The van der Waals surface area contributed by atoms with E-state index in [4.69, 9.17) is 4.98 Å². The van der Waals surface area contributed by atoms with Crippen molar-refractivity contribution in [1.82, 2.24) is 19.8 Å². The van der Waals surface area contributed by atoms with Crippen molar-refractivity contribution in [3.05, 3.63) is 59.2 Å². The highest BCUT2D eigenvalue weighted by Gasteiger charge is 2.30. The van der Waals surface area contributed by atoms with Crippen molar-refractivity contribution in [2.24, 2.45) is 0 Å². The van der Waals surface area contributed by atoms with Crippen molar-refractivity contribution in [2.75, 3.05) is 13.1 Å². The number of carbonyl (C=O) groups excluding carboxylic acids is 2. The first-order valence-corrected chi connectivity index (χ1v) is 10.5. The topological polar surface area (TPSA) is 66.4 Å². The van der Waals surface area contributed by atoms with E-state index in [2.05, 4.69) is 4.98 Å². The number of fused-ring (bicyclic) bond motifs is 1. The molecule has 0 radical (unpaired) electrons. The van der Waals surface area contributed by atoms with Crippen molar-refractivity contribution in [1.29, 1.82) is 0 Å². The van der Waals surface area contributed by atoms with Gasteiger partial charge in [0.05, 0.1) is 17.7 Å². The van der Waals surface area contributed by atoms with Crippen LogP contribution in [0, 0.1) is 0 Å². The zero-order valence-corrected chi connectivity index (χ0v) is 17.2. The number of benzene rings is 1. The zero-order valence-electron chi connectivity index (χ0n) is 17.2. The Morgan fingerprint density at radius 2 is 1.93 bits per heavy atom. The Morgan fingerprint density at radius 1 is 1.14 bits per heavy atom. The first kappa shape index (κ1) is 19.6. The highest BCUT2D eigenvalue weighted by atomic mass is 16.2. The second kappa shape index (κ2) is 8.31. The average molecular weight is 393 g/mol. The van der Waals surface area contributed by atoms with Gasteiger partial charge in [-0.05, 0) is 31.7 Å². The molecular weight excluding hydrogens is 364 g/mol. The summed E-state index contributed by atoms with van der Waals surface area (Å²) >= 11 is 0. The number of hydrogen-bond donors (Lipinski definition) is 0. The summed E-state index contributed by atoms with van der Waals surface area (Å²) in [4.78, 5) is 38.2. The van der Waals surface area contributed by atoms with Gasteiger partial charge in [0.25, 0.3) is 0 Å². The Hall–Kier alpha value is -2.76. The van der Waals surface area contributed by atoms with E-state index in [0.29, 0.717) is 13.1 Å². The minimum Gasteiger partial charge on any atom is -0.337 e. The Kier molecular flexibility index (Phi) is 5.60. The van der Waals surface area contributed by atoms with Gasteiger partial charge in [-0.1, -0.05) is 30.3 Å². The Labute approximate surface area is 172 Å². The summed E-state index contributed by atoms with van der Waals surface area (Å²) in [5.41, 5.74) is 3.07. The number of hydrogen-bond acceptors (Lipinski definition) is 4. The minimum atomic E-state index is -0.163. The second-order valence-corrected chi connectivity index (χ2v) is 8.07. The molecule has 2 aliphatic rings. The van der Waals surface area contributed by atoms with E-state index in [1.54, 1.807) is 6.92 Å². The Morgan fingerprint density at radius 3 is 2.69 bits per heavy atom. The molecule has 0 N–H and O–H groups in total. The third kappa shape index (κ3) is 4.02. The molecule has 4 rings (SSSR count). The predicted octanol–water partition coefficient (Wildman–Crippen LogP) is 3.24. The minimum absolute atomic E-state index is 0.0238. The van der Waals surface area contributed by atoms with E-state index >= 15 is 0 Å². The van der Waals surface area contributed by atoms with Gasteiger partial charge in [-0.2, -0.15) is 0 Å². The summed E-state index contributed by atoms with van der Waals surface area (Å²) in [6.45, 7) is 5.58. The molecule has 1 saturated heterocycles. The fourth-order valence-corrected chi connectivity index (χ4v) is 4.42. The maximum atomic E-state index is 13.0. The van der Waals surface area contributed by atoms with Crippen LogP contribution in [-0.4, -0.2) is 44.7 Å². The van der Waals surface area contributed by atoms with E-state index < -0.39 is 0 Å². The standard InChI is InChI=1S/C23H28N4O2/c1-16(18-8-4-3-5-9-18)23(29)26-13-11-20-19(15-26)14-24-22(25-20)21-10-6-7-12-27(21)17(2)28/h3-5,8-9,14,16,21H,6-7,10-13,15H2,1-2H3. The number of nitrogens with zero attached hydrogens (tertiary/aromatic N) is 4. The Balaban J connectivity index is 1.49. The molecule has 2 amide bonds. The lowest BCUT2D eigenvalue weighted by Gasteiger charge is -2.35. The molecule has 6 nitrogen and oxygen atoms in total. The van der Waals surface area contributed by atoms with Gasteiger partial charge >= 0.3 is 0 Å². The summed E-state index contributed by atoms with van der Waals surface area (Å²) < 4.78 is 0. The van der Waals surface area contributed by atoms with Crippen molar-refractivity contribution in [3.63, 3.8) is 0 Å². The molecular formula is C23H28N4O2. The van der Waals surface area contributed by atoms with Gasteiger partial charge < -0.3 is 9.80 Å². The SMILES string of the molecule is CC(=O)N1CCCCC1c1ncc2c(n1)CCN(C(=O)C(C)c1ccccc1)C2. The summed E-state index contributed by atoms with van der Waals surface area (Å²) in [7, 11) is 0. The molecule has 1 fully saturated rings. The molecule has 6 heteroatoms. The van der Waals surface area contributed by atoms with Crippen molar-refractivity contribution >= 4 is 11.8 Å².